The molecule has 1 aromatic rings. The van der Waals surface area contributed by atoms with Crippen LogP contribution in [0.3, 0.4) is 0 Å². The maximum atomic E-state index is 12.8. The molecule has 1 aromatic heterocycles. The predicted molar refractivity (Wildman–Crippen MR) is 80.2 cm³/mol. The average molecular weight is 289 g/mol. The Morgan fingerprint density at radius 2 is 2.14 bits per heavy atom. The fourth-order valence-corrected chi connectivity index (χ4v) is 3.67. The second-order valence-electron chi connectivity index (χ2n) is 6.13. The summed E-state index contributed by atoms with van der Waals surface area (Å²) < 4.78 is 0. The summed E-state index contributed by atoms with van der Waals surface area (Å²) in [7, 11) is 0. The fourth-order valence-electron chi connectivity index (χ4n) is 3.67. The Morgan fingerprint density at radius 3 is 2.76 bits per heavy atom. The molecule has 21 heavy (non-hydrogen) atoms. The molecule has 0 radical (unpaired) electrons. The Morgan fingerprint density at radius 1 is 1.43 bits per heavy atom. The largest absolute Gasteiger partial charge is 0.505 e. The summed E-state index contributed by atoms with van der Waals surface area (Å²) in [4.78, 5) is 18.8. The van der Waals surface area contributed by atoms with E-state index in [1.165, 1.54) is 18.9 Å². The molecule has 2 saturated heterocycles. The first-order valence-corrected chi connectivity index (χ1v) is 7.90. The minimum Gasteiger partial charge on any atom is -0.505 e. The number of hydrogen-bond donors (Lipinski definition) is 2. The molecule has 5 heteroatoms. The van der Waals surface area contributed by atoms with Crippen LogP contribution >= 0.6 is 0 Å². The third-order valence-electron chi connectivity index (χ3n) is 4.60. The van der Waals surface area contributed by atoms with E-state index in [0.717, 1.165) is 25.8 Å². The minimum atomic E-state index is -0.138. The van der Waals surface area contributed by atoms with Crippen molar-refractivity contribution in [1.82, 2.24) is 15.2 Å². The van der Waals surface area contributed by atoms with Crippen LogP contribution in [0.2, 0.25) is 0 Å². The summed E-state index contributed by atoms with van der Waals surface area (Å²) in [5, 5.41) is 13.5. The fraction of sp³-hybridized carbons (Fsp3) is 0.625. The number of nitrogens with one attached hydrogen (secondary N) is 1. The highest BCUT2D eigenvalue weighted by atomic mass is 16.3. The number of pyridine rings is 1. The number of hydrogen-bond acceptors (Lipinski definition) is 4. The van der Waals surface area contributed by atoms with Gasteiger partial charge in [-0.25, -0.2) is 4.98 Å². The van der Waals surface area contributed by atoms with Crippen molar-refractivity contribution in [2.75, 3.05) is 6.54 Å². The van der Waals surface area contributed by atoms with Crippen molar-refractivity contribution < 1.29 is 9.90 Å². The SMILES string of the molecule is CCCN(C(=O)c1ncccc1O)C1CC2CCC(C1)N2. The Kier molecular flexibility index (Phi) is 4.10. The second-order valence-corrected chi connectivity index (χ2v) is 6.13. The number of carbonyl (C=O) groups excluding carboxylic acids is 1. The van der Waals surface area contributed by atoms with Crippen molar-refractivity contribution in [3.63, 3.8) is 0 Å². The van der Waals surface area contributed by atoms with Gasteiger partial charge in [0.15, 0.2) is 5.69 Å². The highest BCUT2D eigenvalue weighted by Gasteiger charge is 2.38. The first-order valence-electron chi connectivity index (χ1n) is 7.90. The molecule has 5 nitrogen and oxygen atoms in total. The number of rotatable bonds is 4. The van der Waals surface area contributed by atoms with Gasteiger partial charge in [-0.2, -0.15) is 0 Å². The van der Waals surface area contributed by atoms with Gasteiger partial charge in [0.25, 0.3) is 5.91 Å². The van der Waals surface area contributed by atoms with Crippen LogP contribution in [0.1, 0.15) is 49.5 Å². The highest BCUT2D eigenvalue weighted by Crippen LogP contribution is 2.31. The lowest BCUT2D eigenvalue weighted by Crippen LogP contribution is -2.50. The summed E-state index contributed by atoms with van der Waals surface area (Å²) in [6.45, 7) is 2.80. The lowest BCUT2D eigenvalue weighted by atomic mass is 9.97. The number of piperidine rings is 1. The minimum absolute atomic E-state index is 0.0273. The molecule has 0 aliphatic carbocycles. The number of aromatic nitrogens is 1. The van der Waals surface area contributed by atoms with E-state index in [1.54, 1.807) is 12.3 Å². The molecule has 0 spiro atoms. The zero-order valence-electron chi connectivity index (χ0n) is 12.5. The van der Waals surface area contributed by atoms with Gasteiger partial charge in [0.05, 0.1) is 0 Å². The summed E-state index contributed by atoms with van der Waals surface area (Å²) in [6, 6.07) is 4.51. The molecule has 3 rings (SSSR count). The summed E-state index contributed by atoms with van der Waals surface area (Å²) in [5.41, 5.74) is 0.178. The normalized spacial score (nSPS) is 27.6. The molecular formula is C16H23N3O2. The van der Waals surface area contributed by atoms with E-state index < -0.39 is 0 Å². The number of carbonyl (C=O) groups is 1. The maximum Gasteiger partial charge on any atom is 0.276 e. The smallest absolute Gasteiger partial charge is 0.276 e. The van der Waals surface area contributed by atoms with Gasteiger partial charge in [0.2, 0.25) is 0 Å². The molecule has 2 unspecified atom stereocenters. The van der Waals surface area contributed by atoms with Gasteiger partial charge in [0, 0.05) is 30.9 Å². The van der Waals surface area contributed by atoms with Gasteiger partial charge < -0.3 is 15.3 Å². The van der Waals surface area contributed by atoms with Crippen LogP contribution in [0.25, 0.3) is 0 Å². The summed E-state index contributed by atoms with van der Waals surface area (Å²) in [5.74, 6) is -0.165. The van der Waals surface area contributed by atoms with Gasteiger partial charge in [0.1, 0.15) is 5.75 Å². The third kappa shape index (κ3) is 2.88. The molecule has 2 fully saturated rings. The van der Waals surface area contributed by atoms with E-state index in [1.807, 2.05) is 4.90 Å². The molecule has 3 heterocycles. The molecule has 1 amide bonds. The van der Waals surface area contributed by atoms with Crippen LogP contribution in [0, 0.1) is 0 Å². The molecule has 0 aromatic carbocycles. The van der Waals surface area contributed by atoms with E-state index in [9.17, 15) is 9.90 Å². The van der Waals surface area contributed by atoms with E-state index >= 15 is 0 Å². The Bertz CT molecular complexity index is 508. The molecule has 114 valence electrons. The second kappa shape index (κ2) is 6.02. The summed E-state index contributed by atoms with van der Waals surface area (Å²) >= 11 is 0. The van der Waals surface area contributed by atoms with E-state index in [0.29, 0.717) is 12.1 Å². The molecule has 0 saturated carbocycles. The van der Waals surface area contributed by atoms with Gasteiger partial charge in [-0.1, -0.05) is 6.92 Å². The van der Waals surface area contributed by atoms with E-state index in [-0.39, 0.29) is 23.4 Å². The van der Waals surface area contributed by atoms with Crippen LogP contribution in [0.5, 0.6) is 5.75 Å². The topological polar surface area (TPSA) is 65.5 Å². The van der Waals surface area contributed by atoms with E-state index in [2.05, 4.69) is 17.2 Å². The highest BCUT2D eigenvalue weighted by molar-refractivity contribution is 5.95. The molecule has 2 bridgehead atoms. The van der Waals surface area contributed by atoms with Crippen LogP contribution in [0.4, 0.5) is 0 Å². The van der Waals surface area contributed by atoms with Gasteiger partial charge in [-0.05, 0) is 44.2 Å². The summed E-state index contributed by atoms with van der Waals surface area (Å²) in [6.07, 6.45) is 6.92. The zero-order chi connectivity index (χ0) is 14.8. The predicted octanol–water partition coefficient (Wildman–Crippen LogP) is 1.92. The van der Waals surface area contributed by atoms with Gasteiger partial charge in [-0.3, -0.25) is 4.79 Å². The van der Waals surface area contributed by atoms with Crippen molar-refractivity contribution in [3.8, 4) is 5.75 Å². The van der Waals surface area contributed by atoms with Crippen LogP contribution in [-0.2, 0) is 0 Å². The lowest BCUT2D eigenvalue weighted by molar-refractivity contribution is 0.0607. The molecule has 2 N–H and O–H groups in total. The molecule has 2 aliphatic rings. The Hall–Kier alpha value is -1.62. The lowest BCUT2D eigenvalue weighted by Gasteiger charge is -2.37. The molecular weight excluding hydrogens is 266 g/mol. The number of fused-ring (bicyclic) bond motifs is 2. The molecule has 2 aliphatic heterocycles. The first-order chi connectivity index (χ1) is 10.2. The molecule has 2 atom stereocenters. The maximum absolute atomic E-state index is 12.8. The average Bonchev–Trinajstić information content (AvgIpc) is 2.83. The first kappa shape index (κ1) is 14.3. The number of aromatic hydroxyl groups is 1. The Balaban J connectivity index is 1.81. The Labute approximate surface area is 125 Å². The number of nitrogens with zero attached hydrogens (tertiary/aromatic N) is 2. The monoisotopic (exact) mass is 289 g/mol. The van der Waals surface area contributed by atoms with Crippen molar-refractivity contribution in [2.45, 2.75) is 57.2 Å². The van der Waals surface area contributed by atoms with Crippen molar-refractivity contribution in [2.24, 2.45) is 0 Å². The van der Waals surface area contributed by atoms with Crippen LogP contribution < -0.4 is 5.32 Å². The van der Waals surface area contributed by atoms with Crippen LogP contribution in [-0.4, -0.2) is 45.6 Å². The van der Waals surface area contributed by atoms with Crippen molar-refractivity contribution in [3.05, 3.63) is 24.0 Å². The van der Waals surface area contributed by atoms with Crippen molar-refractivity contribution >= 4 is 5.91 Å². The third-order valence-corrected chi connectivity index (χ3v) is 4.60. The quantitative estimate of drug-likeness (QED) is 0.889. The van der Waals surface area contributed by atoms with E-state index in [4.69, 9.17) is 0 Å². The van der Waals surface area contributed by atoms with Gasteiger partial charge in [-0.15, -0.1) is 0 Å². The zero-order valence-corrected chi connectivity index (χ0v) is 12.5. The van der Waals surface area contributed by atoms with Crippen LogP contribution in [0.15, 0.2) is 18.3 Å². The van der Waals surface area contributed by atoms with Crippen molar-refractivity contribution in [1.29, 1.82) is 0 Å². The van der Waals surface area contributed by atoms with Gasteiger partial charge >= 0.3 is 0 Å². The number of amides is 1. The standard InChI is InChI=1S/C16H23N3O2/c1-2-8-19(13-9-11-5-6-12(10-13)18-11)16(21)15-14(20)4-3-7-17-15/h3-4,7,11-13,18,20H,2,5-6,8-10H2,1H3.